The van der Waals surface area contributed by atoms with Crippen molar-refractivity contribution in [1.82, 2.24) is 9.97 Å². The second-order valence-electron chi connectivity index (χ2n) is 4.44. The van der Waals surface area contributed by atoms with Gasteiger partial charge < -0.3 is 15.8 Å². The molecule has 0 aliphatic carbocycles. The van der Waals surface area contributed by atoms with Crippen LogP contribution in [0.3, 0.4) is 0 Å². The highest BCUT2D eigenvalue weighted by molar-refractivity contribution is 6.35. The number of nitrogens with two attached hydrogens (primary N) is 1. The van der Waals surface area contributed by atoms with E-state index in [9.17, 15) is 0 Å². The van der Waals surface area contributed by atoms with E-state index in [0.717, 1.165) is 5.56 Å². The van der Waals surface area contributed by atoms with Gasteiger partial charge in [0.25, 0.3) is 0 Å². The Kier molecular flexibility index (Phi) is 5.22. The lowest BCUT2D eigenvalue weighted by Crippen LogP contribution is -2.05. The van der Waals surface area contributed by atoms with Crippen molar-refractivity contribution in [3.05, 3.63) is 39.6 Å². The van der Waals surface area contributed by atoms with Gasteiger partial charge >= 0.3 is 0 Å². The Hall–Kier alpha value is -1.56. The van der Waals surface area contributed by atoms with Gasteiger partial charge in [-0.3, -0.25) is 0 Å². The van der Waals surface area contributed by atoms with Crippen LogP contribution in [-0.2, 0) is 11.3 Å². The lowest BCUT2D eigenvalue weighted by atomic mass is 10.2. The van der Waals surface area contributed by atoms with Gasteiger partial charge in [0.1, 0.15) is 18.2 Å². The van der Waals surface area contributed by atoms with Crippen molar-refractivity contribution in [2.45, 2.75) is 20.5 Å². The number of anilines is 3. The minimum atomic E-state index is 0.304. The van der Waals surface area contributed by atoms with Crippen LogP contribution < -0.4 is 11.1 Å². The first-order chi connectivity index (χ1) is 9.99. The Labute approximate surface area is 133 Å². The van der Waals surface area contributed by atoms with Crippen molar-refractivity contribution in [2.24, 2.45) is 0 Å². The van der Waals surface area contributed by atoms with Crippen LogP contribution in [0.25, 0.3) is 0 Å². The molecule has 0 spiro atoms. The summed E-state index contributed by atoms with van der Waals surface area (Å²) in [6.45, 7) is 4.68. The Morgan fingerprint density at radius 1 is 1.19 bits per heavy atom. The Morgan fingerprint density at radius 3 is 2.67 bits per heavy atom. The number of nitrogens with zero attached hydrogens (tertiary/aromatic N) is 2. The lowest BCUT2D eigenvalue weighted by Gasteiger charge is -2.11. The van der Waals surface area contributed by atoms with E-state index in [1.54, 1.807) is 18.2 Å². The normalized spacial score (nSPS) is 10.7. The van der Waals surface area contributed by atoms with Crippen LogP contribution in [0.4, 0.5) is 17.3 Å². The molecule has 0 bridgehead atoms. The first-order valence-corrected chi connectivity index (χ1v) is 7.19. The van der Waals surface area contributed by atoms with E-state index in [-0.39, 0.29) is 0 Å². The highest BCUT2D eigenvalue weighted by atomic mass is 35.5. The summed E-state index contributed by atoms with van der Waals surface area (Å²) in [7, 11) is 0. The Bertz CT molecular complexity index is 649. The van der Waals surface area contributed by atoms with Crippen LogP contribution in [0.5, 0.6) is 0 Å². The lowest BCUT2D eigenvalue weighted by molar-refractivity contribution is 0.128. The molecule has 2 rings (SSSR count). The quantitative estimate of drug-likeness (QED) is 0.870. The monoisotopic (exact) mass is 326 g/mol. The minimum Gasteiger partial charge on any atom is -0.384 e. The maximum Gasteiger partial charge on any atom is 0.158 e. The van der Waals surface area contributed by atoms with Crippen LogP contribution in [0, 0.1) is 6.92 Å². The SMILES string of the molecule is CCOCc1nc(N)cc(Nc2cc(Cl)c(C)cc2Cl)n1. The zero-order chi connectivity index (χ0) is 15.4. The third-order valence-electron chi connectivity index (χ3n) is 2.74. The summed E-state index contributed by atoms with van der Waals surface area (Å²) in [6, 6.07) is 5.16. The Balaban J connectivity index is 2.27. The number of hydrogen-bond donors (Lipinski definition) is 2. The number of aryl methyl sites for hydroxylation is 1. The summed E-state index contributed by atoms with van der Waals surface area (Å²) >= 11 is 12.3. The summed E-state index contributed by atoms with van der Waals surface area (Å²) in [5, 5.41) is 4.27. The molecule has 2 aromatic rings. The molecule has 112 valence electrons. The van der Waals surface area contributed by atoms with Gasteiger partial charge in [0.05, 0.1) is 10.7 Å². The molecule has 0 aliphatic heterocycles. The molecule has 0 radical (unpaired) electrons. The van der Waals surface area contributed by atoms with Crippen molar-refractivity contribution in [1.29, 1.82) is 0 Å². The summed E-state index contributed by atoms with van der Waals surface area (Å²) in [5.41, 5.74) is 7.34. The molecule has 0 atom stereocenters. The number of hydrogen-bond acceptors (Lipinski definition) is 5. The molecule has 0 saturated carbocycles. The number of nitrogens with one attached hydrogen (secondary N) is 1. The maximum atomic E-state index is 6.19. The van der Waals surface area contributed by atoms with Crippen molar-refractivity contribution in [3.63, 3.8) is 0 Å². The van der Waals surface area contributed by atoms with Crippen molar-refractivity contribution in [2.75, 3.05) is 17.7 Å². The summed E-state index contributed by atoms with van der Waals surface area (Å²) in [4.78, 5) is 8.44. The maximum absolute atomic E-state index is 6.19. The van der Waals surface area contributed by atoms with Crippen molar-refractivity contribution >= 4 is 40.5 Å². The number of rotatable bonds is 5. The molecule has 1 aromatic heterocycles. The third-order valence-corrected chi connectivity index (χ3v) is 3.46. The molecule has 0 aliphatic rings. The van der Waals surface area contributed by atoms with E-state index in [2.05, 4.69) is 15.3 Å². The zero-order valence-corrected chi connectivity index (χ0v) is 13.3. The molecule has 0 unspecified atom stereocenters. The van der Waals surface area contributed by atoms with Gasteiger partial charge in [-0.25, -0.2) is 9.97 Å². The van der Waals surface area contributed by atoms with E-state index in [1.807, 2.05) is 13.8 Å². The first-order valence-electron chi connectivity index (χ1n) is 6.43. The van der Waals surface area contributed by atoms with Crippen LogP contribution in [-0.4, -0.2) is 16.6 Å². The number of benzene rings is 1. The third kappa shape index (κ3) is 4.20. The second kappa shape index (κ2) is 6.93. The molecule has 21 heavy (non-hydrogen) atoms. The van der Waals surface area contributed by atoms with Crippen LogP contribution in [0.15, 0.2) is 18.2 Å². The molecular formula is C14H16Cl2N4O. The van der Waals surface area contributed by atoms with E-state index < -0.39 is 0 Å². The average Bonchev–Trinajstić information content (AvgIpc) is 2.42. The molecule has 7 heteroatoms. The Morgan fingerprint density at radius 2 is 1.95 bits per heavy atom. The molecule has 0 amide bonds. The summed E-state index contributed by atoms with van der Waals surface area (Å²) in [5.74, 6) is 1.41. The number of aromatic nitrogens is 2. The van der Waals surface area contributed by atoms with Gasteiger partial charge in [0.15, 0.2) is 5.82 Å². The highest BCUT2D eigenvalue weighted by Gasteiger charge is 2.08. The molecule has 1 heterocycles. The van der Waals surface area contributed by atoms with E-state index >= 15 is 0 Å². The zero-order valence-electron chi connectivity index (χ0n) is 11.8. The summed E-state index contributed by atoms with van der Waals surface area (Å²) < 4.78 is 5.28. The van der Waals surface area contributed by atoms with Gasteiger partial charge in [0, 0.05) is 17.7 Å². The molecule has 1 aromatic carbocycles. The fourth-order valence-electron chi connectivity index (χ4n) is 1.72. The smallest absolute Gasteiger partial charge is 0.158 e. The fraction of sp³-hybridized carbons (Fsp3) is 0.286. The predicted molar refractivity (Wildman–Crippen MR) is 86.3 cm³/mol. The molecular weight excluding hydrogens is 311 g/mol. The largest absolute Gasteiger partial charge is 0.384 e. The van der Waals surface area contributed by atoms with Crippen LogP contribution >= 0.6 is 23.2 Å². The molecule has 0 saturated heterocycles. The topological polar surface area (TPSA) is 73.1 Å². The van der Waals surface area contributed by atoms with E-state index in [4.69, 9.17) is 33.7 Å². The highest BCUT2D eigenvalue weighted by Crippen LogP contribution is 2.30. The number of ether oxygens (including phenoxy) is 1. The minimum absolute atomic E-state index is 0.304. The van der Waals surface area contributed by atoms with Crippen molar-refractivity contribution < 1.29 is 4.74 Å². The van der Waals surface area contributed by atoms with Gasteiger partial charge in [-0.1, -0.05) is 23.2 Å². The van der Waals surface area contributed by atoms with Gasteiger partial charge in [-0.05, 0) is 31.5 Å². The van der Waals surface area contributed by atoms with Crippen LogP contribution in [0.1, 0.15) is 18.3 Å². The average molecular weight is 327 g/mol. The van der Waals surface area contributed by atoms with Gasteiger partial charge in [0.2, 0.25) is 0 Å². The second-order valence-corrected chi connectivity index (χ2v) is 5.25. The first kappa shape index (κ1) is 15.8. The van der Waals surface area contributed by atoms with Crippen molar-refractivity contribution in [3.8, 4) is 0 Å². The summed E-state index contributed by atoms with van der Waals surface area (Å²) in [6.07, 6.45) is 0. The molecule has 5 nitrogen and oxygen atoms in total. The predicted octanol–water partition coefficient (Wildman–Crippen LogP) is 3.95. The molecule has 3 N–H and O–H groups in total. The van der Waals surface area contributed by atoms with Gasteiger partial charge in [-0.15, -0.1) is 0 Å². The number of halogens is 2. The van der Waals surface area contributed by atoms with E-state index in [1.165, 1.54) is 0 Å². The fourth-order valence-corrected chi connectivity index (χ4v) is 2.15. The van der Waals surface area contributed by atoms with Crippen LogP contribution in [0.2, 0.25) is 10.0 Å². The van der Waals surface area contributed by atoms with E-state index in [0.29, 0.717) is 46.4 Å². The molecule has 0 fully saturated rings. The van der Waals surface area contributed by atoms with Gasteiger partial charge in [-0.2, -0.15) is 0 Å². The standard InChI is InChI=1S/C14H16Cl2N4O/c1-3-21-7-14-19-12(17)6-13(20-14)18-11-5-9(15)8(2)4-10(11)16/h4-6H,3,7H2,1-2H3,(H3,17,18,19,20). The number of nitrogen functional groups attached to an aromatic ring is 1.